The highest BCUT2D eigenvalue weighted by atomic mass is 79.9. The number of nitrogens with one attached hydrogen (secondary N) is 2. The predicted octanol–water partition coefficient (Wildman–Crippen LogP) is 3.89. The molecular formula is C18H21BrN2O2S. The molecule has 4 nitrogen and oxygen atoms in total. The van der Waals surface area contributed by atoms with Crippen molar-refractivity contribution in [1.29, 1.82) is 0 Å². The van der Waals surface area contributed by atoms with Crippen LogP contribution < -0.4 is 10.9 Å². The monoisotopic (exact) mass is 408 g/mol. The second kappa shape index (κ2) is 6.30. The van der Waals surface area contributed by atoms with Crippen molar-refractivity contribution in [1.82, 2.24) is 10.9 Å². The van der Waals surface area contributed by atoms with Crippen molar-refractivity contribution in [2.75, 3.05) is 0 Å². The molecule has 0 atom stereocenters. The zero-order valence-electron chi connectivity index (χ0n) is 13.4. The molecule has 4 aliphatic rings. The molecule has 24 heavy (non-hydrogen) atoms. The Morgan fingerprint density at radius 3 is 2.25 bits per heavy atom. The second-order valence-corrected chi connectivity index (χ2v) is 10.1. The summed E-state index contributed by atoms with van der Waals surface area (Å²) in [6.07, 6.45) is 10.1. The normalized spacial score (nSPS) is 33.8. The van der Waals surface area contributed by atoms with Crippen LogP contribution in [0.4, 0.5) is 0 Å². The number of rotatable bonds is 3. The highest BCUT2D eigenvalue weighted by Gasteiger charge is 2.54. The number of hydrogen-bond donors (Lipinski definition) is 2. The minimum absolute atomic E-state index is 0.0159. The van der Waals surface area contributed by atoms with Crippen LogP contribution in [0.25, 0.3) is 6.08 Å². The van der Waals surface area contributed by atoms with Crippen LogP contribution in [0.3, 0.4) is 0 Å². The van der Waals surface area contributed by atoms with E-state index in [0.717, 1.165) is 45.7 Å². The molecule has 2 amide bonds. The number of thiophene rings is 1. The molecule has 0 unspecified atom stereocenters. The Hall–Kier alpha value is -1.14. The Balaban J connectivity index is 1.33. The minimum atomic E-state index is -0.294. The van der Waals surface area contributed by atoms with Gasteiger partial charge in [0.1, 0.15) is 0 Å². The van der Waals surface area contributed by atoms with Crippen molar-refractivity contribution in [2.45, 2.75) is 38.5 Å². The first-order chi connectivity index (χ1) is 11.5. The summed E-state index contributed by atoms with van der Waals surface area (Å²) in [4.78, 5) is 25.6. The molecule has 4 saturated carbocycles. The number of halogens is 1. The lowest BCUT2D eigenvalue weighted by Gasteiger charge is -2.55. The second-order valence-electron chi connectivity index (χ2n) is 7.62. The minimum Gasteiger partial charge on any atom is -0.273 e. The Morgan fingerprint density at radius 1 is 1.08 bits per heavy atom. The third-order valence-electron chi connectivity index (χ3n) is 5.81. The fraction of sp³-hybridized carbons (Fsp3) is 0.556. The van der Waals surface area contributed by atoms with Gasteiger partial charge in [-0.15, -0.1) is 11.3 Å². The number of hydrogen-bond acceptors (Lipinski definition) is 3. The maximum atomic E-state index is 12.7. The van der Waals surface area contributed by atoms with Gasteiger partial charge in [0.25, 0.3) is 5.91 Å². The van der Waals surface area contributed by atoms with Crippen molar-refractivity contribution in [3.8, 4) is 0 Å². The van der Waals surface area contributed by atoms with E-state index in [0.29, 0.717) is 0 Å². The van der Waals surface area contributed by atoms with E-state index in [2.05, 4.69) is 26.8 Å². The summed E-state index contributed by atoms with van der Waals surface area (Å²) in [5.74, 6) is 1.87. The first kappa shape index (κ1) is 16.3. The van der Waals surface area contributed by atoms with E-state index in [1.54, 1.807) is 17.4 Å². The van der Waals surface area contributed by atoms with Crippen molar-refractivity contribution in [2.24, 2.45) is 23.2 Å². The first-order valence-electron chi connectivity index (χ1n) is 8.56. The number of amides is 2. The summed E-state index contributed by atoms with van der Waals surface area (Å²) >= 11 is 4.95. The number of hydrazine groups is 1. The largest absolute Gasteiger partial charge is 0.273 e. The van der Waals surface area contributed by atoms with E-state index in [9.17, 15) is 9.59 Å². The van der Waals surface area contributed by atoms with Crippen LogP contribution in [0.1, 0.15) is 43.4 Å². The molecule has 1 aromatic rings. The van der Waals surface area contributed by atoms with E-state index in [-0.39, 0.29) is 17.2 Å². The molecule has 0 aromatic carbocycles. The van der Waals surface area contributed by atoms with Gasteiger partial charge in [0.05, 0.1) is 9.20 Å². The van der Waals surface area contributed by atoms with E-state index < -0.39 is 0 Å². The van der Waals surface area contributed by atoms with E-state index in [1.807, 2.05) is 12.1 Å². The molecule has 2 N–H and O–H groups in total. The topological polar surface area (TPSA) is 58.2 Å². The van der Waals surface area contributed by atoms with Gasteiger partial charge in [0, 0.05) is 11.0 Å². The van der Waals surface area contributed by atoms with Gasteiger partial charge in [0.2, 0.25) is 5.91 Å². The Kier molecular flexibility index (Phi) is 4.29. The molecule has 4 bridgehead atoms. The summed E-state index contributed by atoms with van der Waals surface area (Å²) in [6.45, 7) is 0. The maximum absolute atomic E-state index is 12.7. The third kappa shape index (κ3) is 3.18. The SMILES string of the molecule is O=C(/C=C\c1ccc(Br)s1)NNC(=O)C12CC3CC(CC(C3)C1)C2. The summed E-state index contributed by atoms with van der Waals surface area (Å²) in [6, 6.07) is 3.88. The smallest absolute Gasteiger partial charge is 0.262 e. The molecule has 1 heterocycles. The van der Waals surface area contributed by atoms with Crippen LogP contribution >= 0.6 is 27.3 Å². The van der Waals surface area contributed by atoms with Crippen molar-refractivity contribution in [3.05, 3.63) is 26.9 Å². The lowest BCUT2D eigenvalue weighted by atomic mass is 9.49. The van der Waals surface area contributed by atoms with Crippen LogP contribution in [0.15, 0.2) is 22.0 Å². The zero-order valence-corrected chi connectivity index (χ0v) is 15.8. The van der Waals surface area contributed by atoms with Gasteiger partial charge in [0.15, 0.2) is 0 Å². The maximum Gasteiger partial charge on any atom is 0.262 e. The molecular weight excluding hydrogens is 388 g/mol. The van der Waals surface area contributed by atoms with Crippen molar-refractivity contribution < 1.29 is 9.59 Å². The molecule has 1 aromatic heterocycles. The van der Waals surface area contributed by atoms with E-state index >= 15 is 0 Å². The van der Waals surface area contributed by atoms with Gasteiger partial charge in [-0.1, -0.05) is 0 Å². The van der Waals surface area contributed by atoms with Gasteiger partial charge in [-0.25, -0.2) is 0 Å². The highest BCUT2D eigenvalue weighted by molar-refractivity contribution is 9.11. The summed E-state index contributed by atoms with van der Waals surface area (Å²) < 4.78 is 1.03. The average Bonchev–Trinajstić information content (AvgIpc) is 2.95. The molecule has 6 heteroatoms. The quantitative estimate of drug-likeness (QED) is 0.588. The molecule has 0 spiro atoms. The molecule has 5 rings (SSSR count). The van der Waals surface area contributed by atoms with Crippen LogP contribution in [0, 0.1) is 23.2 Å². The zero-order chi connectivity index (χ0) is 16.7. The van der Waals surface area contributed by atoms with Crippen LogP contribution in [0.2, 0.25) is 0 Å². The summed E-state index contributed by atoms with van der Waals surface area (Å²) in [7, 11) is 0. The number of carbonyl (C=O) groups is 2. The fourth-order valence-electron chi connectivity index (χ4n) is 5.26. The Morgan fingerprint density at radius 2 is 1.71 bits per heavy atom. The lowest BCUT2D eigenvalue weighted by Crippen LogP contribution is -2.56. The van der Waals surface area contributed by atoms with E-state index in [4.69, 9.17) is 0 Å². The van der Waals surface area contributed by atoms with Crippen LogP contribution in [-0.4, -0.2) is 11.8 Å². The fourth-order valence-corrected chi connectivity index (χ4v) is 6.58. The van der Waals surface area contributed by atoms with Gasteiger partial charge < -0.3 is 0 Å². The van der Waals surface area contributed by atoms with Gasteiger partial charge in [-0.2, -0.15) is 0 Å². The summed E-state index contributed by atoms with van der Waals surface area (Å²) in [5.41, 5.74) is 5.01. The highest BCUT2D eigenvalue weighted by Crippen LogP contribution is 2.59. The van der Waals surface area contributed by atoms with Crippen molar-refractivity contribution >= 4 is 45.2 Å². The van der Waals surface area contributed by atoms with Gasteiger partial charge >= 0.3 is 0 Å². The molecule has 0 radical (unpaired) electrons. The van der Waals surface area contributed by atoms with Crippen LogP contribution in [-0.2, 0) is 9.59 Å². The molecule has 0 saturated heterocycles. The van der Waals surface area contributed by atoms with Gasteiger partial charge in [-0.3, -0.25) is 20.4 Å². The molecule has 128 valence electrons. The number of carbonyl (C=O) groups excluding carboxylic acids is 2. The molecule has 0 aliphatic heterocycles. The van der Waals surface area contributed by atoms with Crippen molar-refractivity contribution in [3.63, 3.8) is 0 Å². The Bertz CT molecular complexity index is 662. The van der Waals surface area contributed by atoms with E-state index in [1.165, 1.54) is 25.3 Å². The molecule has 4 fully saturated rings. The predicted molar refractivity (Wildman–Crippen MR) is 97.9 cm³/mol. The Labute approximate surface area is 154 Å². The standard InChI is InChI=1S/C18H21BrN2O2S/c19-15-3-1-14(24-15)2-4-16(22)20-21-17(23)18-8-11-5-12(9-18)7-13(6-11)10-18/h1-4,11-13H,5-10H2,(H,20,22)(H,21,23)/b4-2-. The van der Waals surface area contributed by atoms with Crippen LogP contribution in [0.5, 0.6) is 0 Å². The first-order valence-corrected chi connectivity index (χ1v) is 10.2. The van der Waals surface area contributed by atoms with Gasteiger partial charge in [-0.05, 0) is 90.4 Å². The molecule has 4 aliphatic carbocycles. The lowest BCUT2D eigenvalue weighted by molar-refractivity contribution is -0.148. The third-order valence-corrected chi connectivity index (χ3v) is 7.40. The average molecular weight is 409 g/mol. The summed E-state index contributed by atoms with van der Waals surface area (Å²) in [5, 5.41) is 0.